The van der Waals surface area contributed by atoms with Gasteiger partial charge in [0.15, 0.2) is 0 Å². The highest BCUT2D eigenvalue weighted by atomic mass is 14.9. The Kier molecular flexibility index (Phi) is 5.74. The van der Waals surface area contributed by atoms with E-state index in [0.717, 1.165) is 35.6 Å². The second kappa shape index (κ2) is 7.11. The van der Waals surface area contributed by atoms with E-state index in [0.29, 0.717) is 0 Å². The summed E-state index contributed by atoms with van der Waals surface area (Å²) in [6, 6.07) is 0.883. The first-order chi connectivity index (χ1) is 9.06. The van der Waals surface area contributed by atoms with Crippen molar-refractivity contribution in [1.29, 1.82) is 0 Å². The smallest absolute Gasteiger partial charge is 0.00683 e. The van der Waals surface area contributed by atoms with Crippen LogP contribution in [0.4, 0.5) is 0 Å². The Morgan fingerprint density at radius 1 is 0.947 bits per heavy atom. The quantitative estimate of drug-likeness (QED) is 0.693. The van der Waals surface area contributed by atoms with Gasteiger partial charge in [-0.1, -0.05) is 34.1 Å². The summed E-state index contributed by atoms with van der Waals surface area (Å²) in [4.78, 5) is 0. The average molecular weight is 265 g/mol. The largest absolute Gasteiger partial charge is 0.314 e. The standard InChI is InChI=1S/C18H35N/c1-13(2)5-6-16-11-15(14(3)4)7-8-17(16)12-19-18-9-10-18/h13-19H,5-12H2,1-4H3. The molecule has 2 fully saturated rings. The maximum atomic E-state index is 3.79. The molecule has 0 bridgehead atoms. The molecule has 19 heavy (non-hydrogen) atoms. The van der Waals surface area contributed by atoms with Crippen molar-refractivity contribution in [2.75, 3.05) is 6.54 Å². The van der Waals surface area contributed by atoms with E-state index in [1.807, 2.05) is 0 Å². The number of rotatable bonds is 7. The fourth-order valence-electron chi connectivity index (χ4n) is 3.74. The Labute approximate surface area is 120 Å². The van der Waals surface area contributed by atoms with Crippen LogP contribution >= 0.6 is 0 Å². The predicted octanol–water partition coefficient (Wildman–Crippen LogP) is 4.86. The van der Waals surface area contributed by atoms with Crippen LogP contribution in [0.5, 0.6) is 0 Å². The molecule has 0 aromatic heterocycles. The lowest BCUT2D eigenvalue weighted by Gasteiger charge is -2.38. The van der Waals surface area contributed by atoms with Crippen LogP contribution in [0, 0.1) is 29.6 Å². The van der Waals surface area contributed by atoms with Crippen molar-refractivity contribution in [3.05, 3.63) is 0 Å². The molecule has 112 valence electrons. The summed E-state index contributed by atoms with van der Waals surface area (Å²) in [6.45, 7) is 10.9. The molecule has 2 aliphatic carbocycles. The van der Waals surface area contributed by atoms with E-state index >= 15 is 0 Å². The Balaban J connectivity index is 1.83. The first-order valence-corrected chi connectivity index (χ1v) is 8.79. The highest BCUT2D eigenvalue weighted by molar-refractivity contribution is 4.87. The molecular formula is C18H35N. The maximum Gasteiger partial charge on any atom is 0.00683 e. The second-order valence-corrected chi connectivity index (χ2v) is 7.99. The van der Waals surface area contributed by atoms with Crippen LogP contribution in [-0.4, -0.2) is 12.6 Å². The van der Waals surface area contributed by atoms with Crippen LogP contribution in [0.3, 0.4) is 0 Å². The van der Waals surface area contributed by atoms with Gasteiger partial charge in [0.2, 0.25) is 0 Å². The fraction of sp³-hybridized carbons (Fsp3) is 1.00. The molecule has 1 heteroatoms. The van der Waals surface area contributed by atoms with Crippen molar-refractivity contribution in [2.24, 2.45) is 29.6 Å². The van der Waals surface area contributed by atoms with E-state index in [4.69, 9.17) is 0 Å². The minimum Gasteiger partial charge on any atom is -0.314 e. The summed E-state index contributed by atoms with van der Waals surface area (Å²) < 4.78 is 0. The molecule has 2 rings (SSSR count). The minimum absolute atomic E-state index is 0.872. The second-order valence-electron chi connectivity index (χ2n) is 7.99. The van der Waals surface area contributed by atoms with Crippen molar-refractivity contribution in [3.63, 3.8) is 0 Å². The summed E-state index contributed by atoms with van der Waals surface area (Å²) in [5.74, 6) is 4.72. The van der Waals surface area contributed by atoms with E-state index in [1.54, 1.807) is 0 Å². The zero-order chi connectivity index (χ0) is 13.8. The lowest BCUT2D eigenvalue weighted by molar-refractivity contribution is 0.132. The van der Waals surface area contributed by atoms with Gasteiger partial charge in [0.1, 0.15) is 0 Å². The third-order valence-electron chi connectivity index (χ3n) is 5.48. The monoisotopic (exact) mass is 265 g/mol. The van der Waals surface area contributed by atoms with Gasteiger partial charge in [-0.3, -0.25) is 0 Å². The molecule has 1 N–H and O–H groups in total. The van der Waals surface area contributed by atoms with Crippen LogP contribution in [0.25, 0.3) is 0 Å². The van der Waals surface area contributed by atoms with E-state index in [9.17, 15) is 0 Å². The van der Waals surface area contributed by atoms with Crippen molar-refractivity contribution in [1.82, 2.24) is 5.32 Å². The Bertz CT molecular complexity index is 254. The van der Waals surface area contributed by atoms with Crippen molar-refractivity contribution in [3.8, 4) is 0 Å². The zero-order valence-electron chi connectivity index (χ0n) is 13.6. The SMILES string of the molecule is CC(C)CCC1CC(C(C)C)CCC1CNC1CC1. The minimum atomic E-state index is 0.872. The molecule has 0 spiro atoms. The van der Waals surface area contributed by atoms with Crippen LogP contribution in [0.1, 0.15) is 72.6 Å². The van der Waals surface area contributed by atoms with E-state index in [2.05, 4.69) is 33.0 Å². The lowest BCUT2D eigenvalue weighted by Crippen LogP contribution is -2.35. The van der Waals surface area contributed by atoms with Gasteiger partial charge >= 0.3 is 0 Å². The molecule has 0 aromatic carbocycles. The highest BCUT2D eigenvalue weighted by Gasteiger charge is 2.32. The van der Waals surface area contributed by atoms with E-state index in [-0.39, 0.29) is 0 Å². The van der Waals surface area contributed by atoms with Crippen LogP contribution < -0.4 is 5.32 Å². The molecule has 0 radical (unpaired) electrons. The van der Waals surface area contributed by atoms with Gasteiger partial charge in [0.25, 0.3) is 0 Å². The van der Waals surface area contributed by atoms with Crippen molar-refractivity contribution < 1.29 is 0 Å². The van der Waals surface area contributed by atoms with Gasteiger partial charge in [0, 0.05) is 6.04 Å². The van der Waals surface area contributed by atoms with Gasteiger partial charge in [0.05, 0.1) is 0 Å². The Hall–Kier alpha value is -0.0400. The van der Waals surface area contributed by atoms with Crippen LogP contribution in [0.15, 0.2) is 0 Å². The van der Waals surface area contributed by atoms with Crippen LogP contribution in [-0.2, 0) is 0 Å². The van der Waals surface area contributed by atoms with E-state index < -0.39 is 0 Å². The van der Waals surface area contributed by atoms with Gasteiger partial charge in [-0.15, -0.1) is 0 Å². The molecule has 2 saturated carbocycles. The topological polar surface area (TPSA) is 12.0 Å². The van der Waals surface area contributed by atoms with Gasteiger partial charge in [-0.2, -0.15) is 0 Å². The van der Waals surface area contributed by atoms with Crippen LogP contribution in [0.2, 0.25) is 0 Å². The van der Waals surface area contributed by atoms with Gasteiger partial charge in [-0.05, 0) is 74.7 Å². The first kappa shape index (κ1) is 15.4. The normalized spacial score (nSPS) is 32.2. The molecule has 1 nitrogen and oxygen atoms in total. The summed E-state index contributed by atoms with van der Waals surface area (Å²) in [7, 11) is 0. The number of hydrogen-bond donors (Lipinski definition) is 1. The molecule has 3 unspecified atom stereocenters. The molecule has 0 aliphatic heterocycles. The third-order valence-corrected chi connectivity index (χ3v) is 5.48. The summed E-state index contributed by atoms with van der Waals surface area (Å²) >= 11 is 0. The highest BCUT2D eigenvalue weighted by Crippen LogP contribution is 2.40. The van der Waals surface area contributed by atoms with Gasteiger partial charge in [-0.25, -0.2) is 0 Å². The maximum absolute atomic E-state index is 3.79. The predicted molar refractivity (Wildman–Crippen MR) is 84.3 cm³/mol. The van der Waals surface area contributed by atoms with Crippen molar-refractivity contribution >= 4 is 0 Å². The molecule has 0 amide bonds. The molecule has 0 saturated heterocycles. The van der Waals surface area contributed by atoms with Gasteiger partial charge < -0.3 is 5.32 Å². The Morgan fingerprint density at radius 3 is 2.26 bits per heavy atom. The zero-order valence-corrected chi connectivity index (χ0v) is 13.6. The van der Waals surface area contributed by atoms with E-state index in [1.165, 1.54) is 51.5 Å². The average Bonchev–Trinajstić information content (AvgIpc) is 3.18. The lowest BCUT2D eigenvalue weighted by atomic mass is 9.68. The summed E-state index contributed by atoms with van der Waals surface area (Å²) in [5.41, 5.74) is 0. The summed E-state index contributed by atoms with van der Waals surface area (Å²) in [6.07, 6.45) is 10.2. The third kappa shape index (κ3) is 5.10. The van der Waals surface area contributed by atoms with Crippen molar-refractivity contribution in [2.45, 2.75) is 78.7 Å². The molecule has 2 aliphatic rings. The fourth-order valence-corrected chi connectivity index (χ4v) is 3.74. The number of nitrogens with one attached hydrogen (secondary N) is 1. The number of hydrogen-bond acceptors (Lipinski definition) is 1. The molecule has 3 atom stereocenters. The Morgan fingerprint density at radius 2 is 1.68 bits per heavy atom. The summed E-state index contributed by atoms with van der Waals surface area (Å²) in [5, 5.41) is 3.79. The molecular weight excluding hydrogens is 230 g/mol. The first-order valence-electron chi connectivity index (χ1n) is 8.79. The molecule has 0 heterocycles. The molecule has 0 aromatic rings.